The van der Waals surface area contributed by atoms with Gasteiger partial charge in [0.15, 0.2) is 12.1 Å². The maximum absolute atomic E-state index is 12.9. The number of rotatable bonds is 2. The van der Waals surface area contributed by atoms with Crippen molar-refractivity contribution >= 4 is 34.8 Å². The highest BCUT2D eigenvalue weighted by molar-refractivity contribution is 6.31. The smallest absolute Gasteiger partial charge is 0.263 e. The molecule has 0 N–H and O–H groups in total. The molecule has 120 valence electrons. The van der Waals surface area contributed by atoms with E-state index >= 15 is 0 Å². The fraction of sp³-hybridized carbons (Fsp3) is 0.176. The molecule has 7 heteroatoms. The molecule has 2 amide bonds. The van der Waals surface area contributed by atoms with E-state index in [4.69, 9.17) is 11.6 Å². The van der Waals surface area contributed by atoms with Crippen LogP contribution in [-0.2, 0) is 9.59 Å². The molecule has 0 unspecified atom stereocenters. The topological polar surface area (TPSA) is 65.3 Å². The molecule has 2 atom stereocenters. The highest BCUT2D eigenvalue weighted by atomic mass is 35.5. The molecule has 0 spiro atoms. The maximum atomic E-state index is 12.9. The van der Waals surface area contributed by atoms with Gasteiger partial charge in [-0.15, -0.1) is 0 Å². The van der Waals surface area contributed by atoms with Crippen molar-refractivity contribution in [2.24, 2.45) is 10.3 Å². The Morgan fingerprint density at radius 2 is 1.75 bits per heavy atom. The lowest BCUT2D eigenvalue weighted by molar-refractivity contribution is -0.121. The van der Waals surface area contributed by atoms with E-state index in [0.29, 0.717) is 10.7 Å². The normalized spacial score (nSPS) is 22.4. The first-order valence-corrected chi connectivity index (χ1v) is 7.84. The van der Waals surface area contributed by atoms with Crippen LogP contribution in [0, 0.1) is 6.92 Å². The zero-order valence-electron chi connectivity index (χ0n) is 12.8. The van der Waals surface area contributed by atoms with Gasteiger partial charge >= 0.3 is 0 Å². The van der Waals surface area contributed by atoms with E-state index in [-0.39, 0.29) is 11.8 Å². The number of carbonyl (C=O) groups excluding carboxylic acids is 2. The second kappa shape index (κ2) is 5.42. The van der Waals surface area contributed by atoms with Crippen LogP contribution in [-0.4, -0.2) is 23.9 Å². The summed E-state index contributed by atoms with van der Waals surface area (Å²) in [6, 6.07) is 12.7. The third-order valence-electron chi connectivity index (χ3n) is 4.11. The monoisotopic (exact) mass is 340 g/mol. The van der Waals surface area contributed by atoms with Gasteiger partial charge in [-0.2, -0.15) is 5.11 Å². The van der Waals surface area contributed by atoms with Gasteiger partial charge in [0.25, 0.3) is 11.8 Å². The molecule has 0 aliphatic carbocycles. The maximum Gasteiger partial charge on any atom is 0.263 e. The van der Waals surface area contributed by atoms with Gasteiger partial charge in [-0.05, 0) is 42.8 Å². The Kier molecular flexibility index (Phi) is 3.35. The minimum absolute atomic E-state index is 0.348. The largest absolute Gasteiger partial charge is 0.271 e. The molecule has 0 saturated carbocycles. The number of amides is 2. The summed E-state index contributed by atoms with van der Waals surface area (Å²) in [6.07, 6.45) is 0. The molecule has 2 aliphatic rings. The van der Waals surface area contributed by atoms with Crippen LogP contribution in [0.3, 0.4) is 0 Å². The van der Waals surface area contributed by atoms with E-state index in [0.717, 1.165) is 16.2 Å². The van der Waals surface area contributed by atoms with Gasteiger partial charge in [-0.3, -0.25) is 9.59 Å². The molecular weight excluding hydrogens is 328 g/mol. The summed E-state index contributed by atoms with van der Waals surface area (Å²) in [4.78, 5) is 26.7. The standard InChI is InChI=1S/C17H13ClN4O2/c1-10-4-2-7-13(8-10)22-15-14(19-20-22)16(23)21(17(15)24)12-6-3-5-11(18)9-12/h2-9,14-15H,1H3/t14-,15-/m0/s1. The number of imide groups is 1. The second-order valence-electron chi connectivity index (χ2n) is 5.77. The van der Waals surface area contributed by atoms with Crippen molar-refractivity contribution < 1.29 is 9.59 Å². The first kappa shape index (κ1) is 14.8. The molecular formula is C17H13ClN4O2. The molecule has 2 aliphatic heterocycles. The van der Waals surface area contributed by atoms with E-state index in [1.807, 2.05) is 31.2 Å². The molecule has 1 fully saturated rings. The highest BCUT2D eigenvalue weighted by Gasteiger charge is 2.55. The summed E-state index contributed by atoms with van der Waals surface area (Å²) in [5.41, 5.74) is 2.22. The third kappa shape index (κ3) is 2.18. The van der Waals surface area contributed by atoms with Gasteiger partial charge in [0.2, 0.25) is 0 Å². The first-order chi connectivity index (χ1) is 11.6. The Balaban J connectivity index is 1.72. The minimum Gasteiger partial charge on any atom is -0.271 e. The number of fused-ring (bicyclic) bond motifs is 1. The lowest BCUT2D eigenvalue weighted by Gasteiger charge is -2.21. The molecule has 2 aromatic rings. The number of hydrogen-bond acceptors (Lipinski definition) is 5. The van der Waals surface area contributed by atoms with Gasteiger partial charge < -0.3 is 0 Å². The zero-order chi connectivity index (χ0) is 16.8. The average Bonchev–Trinajstić information content (AvgIpc) is 3.08. The van der Waals surface area contributed by atoms with Gasteiger partial charge in [-0.1, -0.05) is 35.0 Å². The average molecular weight is 341 g/mol. The SMILES string of the molecule is Cc1cccc(N2N=N[C@@H]3C(=O)N(c4cccc(Cl)c4)C(=O)[C@H]32)c1. The first-order valence-electron chi connectivity index (χ1n) is 7.46. The molecule has 2 aromatic carbocycles. The molecule has 24 heavy (non-hydrogen) atoms. The third-order valence-corrected chi connectivity index (χ3v) is 4.35. The van der Waals surface area contributed by atoms with Crippen molar-refractivity contribution in [3.8, 4) is 0 Å². The summed E-state index contributed by atoms with van der Waals surface area (Å²) in [6.45, 7) is 1.95. The molecule has 0 bridgehead atoms. The fourth-order valence-corrected chi connectivity index (χ4v) is 3.20. The Hall–Kier alpha value is -2.73. The molecule has 2 heterocycles. The summed E-state index contributed by atoms with van der Waals surface area (Å²) < 4.78 is 0. The van der Waals surface area contributed by atoms with Crippen LogP contribution in [0.5, 0.6) is 0 Å². The number of benzene rings is 2. The predicted molar refractivity (Wildman–Crippen MR) is 90.0 cm³/mol. The molecule has 4 rings (SSSR count). The van der Waals surface area contributed by atoms with E-state index in [9.17, 15) is 9.59 Å². The van der Waals surface area contributed by atoms with Crippen molar-refractivity contribution in [2.45, 2.75) is 19.0 Å². The van der Waals surface area contributed by atoms with Crippen LogP contribution >= 0.6 is 11.6 Å². The van der Waals surface area contributed by atoms with Crippen LogP contribution < -0.4 is 9.91 Å². The van der Waals surface area contributed by atoms with Crippen LogP contribution in [0.4, 0.5) is 11.4 Å². The van der Waals surface area contributed by atoms with E-state index in [1.54, 1.807) is 24.3 Å². The van der Waals surface area contributed by atoms with Crippen LogP contribution in [0.15, 0.2) is 58.9 Å². The number of anilines is 2. The minimum atomic E-state index is -0.822. The number of aryl methyl sites for hydroxylation is 1. The Labute approximate surface area is 143 Å². The van der Waals surface area contributed by atoms with Crippen molar-refractivity contribution in [3.63, 3.8) is 0 Å². The molecule has 0 aromatic heterocycles. The quantitative estimate of drug-likeness (QED) is 0.789. The molecule has 0 radical (unpaired) electrons. The van der Waals surface area contributed by atoms with Crippen molar-refractivity contribution in [2.75, 3.05) is 9.91 Å². The highest BCUT2D eigenvalue weighted by Crippen LogP contribution is 2.35. The van der Waals surface area contributed by atoms with E-state index in [1.165, 1.54) is 5.01 Å². The van der Waals surface area contributed by atoms with Crippen LogP contribution in [0.25, 0.3) is 0 Å². The van der Waals surface area contributed by atoms with E-state index < -0.39 is 12.1 Å². The van der Waals surface area contributed by atoms with Gasteiger partial charge in [0.1, 0.15) is 0 Å². The van der Waals surface area contributed by atoms with Crippen LogP contribution in [0.2, 0.25) is 5.02 Å². The summed E-state index contributed by atoms with van der Waals surface area (Å²) in [5.74, 6) is -0.732. The van der Waals surface area contributed by atoms with Gasteiger partial charge in [-0.25, -0.2) is 9.91 Å². The summed E-state index contributed by atoms with van der Waals surface area (Å²) in [7, 11) is 0. The molecule has 6 nitrogen and oxygen atoms in total. The molecule has 1 saturated heterocycles. The second-order valence-corrected chi connectivity index (χ2v) is 6.21. The van der Waals surface area contributed by atoms with Crippen molar-refractivity contribution in [1.82, 2.24) is 0 Å². The Morgan fingerprint density at radius 1 is 1.00 bits per heavy atom. The lowest BCUT2D eigenvalue weighted by Crippen LogP contribution is -2.39. The Morgan fingerprint density at radius 3 is 2.50 bits per heavy atom. The summed E-state index contributed by atoms with van der Waals surface area (Å²) >= 11 is 5.98. The fourth-order valence-electron chi connectivity index (χ4n) is 3.01. The Bertz CT molecular complexity index is 882. The predicted octanol–water partition coefficient (Wildman–Crippen LogP) is 3.15. The number of carbonyl (C=O) groups is 2. The van der Waals surface area contributed by atoms with Crippen molar-refractivity contribution in [3.05, 3.63) is 59.1 Å². The van der Waals surface area contributed by atoms with Gasteiger partial charge in [0, 0.05) is 5.02 Å². The van der Waals surface area contributed by atoms with E-state index in [2.05, 4.69) is 10.3 Å². The lowest BCUT2D eigenvalue weighted by atomic mass is 10.1. The number of nitrogens with zero attached hydrogens (tertiary/aromatic N) is 4. The summed E-state index contributed by atoms with van der Waals surface area (Å²) in [5, 5.41) is 10.0. The number of halogens is 1. The van der Waals surface area contributed by atoms with Gasteiger partial charge in [0.05, 0.1) is 11.4 Å². The van der Waals surface area contributed by atoms with Crippen molar-refractivity contribution in [1.29, 1.82) is 0 Å². The number of hydrogen-bond donors (Lipinski definition) is 0. The van der Waals surface area contributed by atoms with Crippen LogP contribution in [0.1, 0.15) is 5.56 Å². The zero-order valence-corrected chi connectivity index (χ0v) is 13.5.